The average Bonchev–Trinajstić information content (AvgIpc) is 3.15. The highest BCUT2D eigenvalue weighted by atomic mass is 16.5. The Balaban J connectivity index is 1.50. The second-order valence-electron chi connectivity index (χ2n) is 6.61. The van der Waals surface area contributed by atoms with Gasteiger partial charge in [0.1, 0.15) is 5.75 Å². The van der Waals surface area contributed by atoms with Gasteiger partial charge in [-0.05, 0) is 36.2 Å². The number of rotatable bonds is 5. The van der Waals surface area contributed by atoms with Crippen LogP contribution >= 0.6 is 0 Å². The van der Waals surface area contributed by atoms with Crippen molar-refractivity contribution in [3.8, 4) is 5.75 Å². The van der Waals surface area contributed by atoms with E-state index in [1.807, 2.05) is 53.3 Å². The van der Waals surface area contributed by atoms with Crippen LogP contribution in [0, 0.1) is 6.92 Å². The fraction of sp³-hybridized carbons (Fsp3) is 0.400. The van der Waals surface area contributed by atoms with Gasteiger partial charge in [0.2, 0.25) is 11.8 Å². The molecular formula is C20H25N3O3. The lowest BCUT2D eigenvalue weighted by molar-refractivity contribution is -0.138. The zero-order valence-electron chi connectivity index (χ0n) is 15.3. The molecule has 0 bridgehead atoms. The summed E-state index contributed by atoms with van der Waals surface area (Å²) in [6.45, 7) is 4.33. The summed E-state index contributed by atoms with van der Waals surface area (Å²) in [4.78, 5) is 31.6. The molecule has 1 aromatic carbocycles. The third-order valence-electron chi connectivity index (χ3n) is 4.80. The molecule has 138 valence electrons. The molecule has 1 aliphatic heterocycles. The maximum Gasteiger partial charge on any atom is 0.228 e. The second kappa shape index (κ2) is 8.08. The number of benzene rings is 1. The van der Waals surface area contributed by atoms with E-state index in [-0.39, 0.29) is 11.8 Å². The van der Waals surface area contributed by atoms with Gasteiger partial charge < -0.3 is 19.5 Å². The van der Waals surface area contributed by atoms with Crippen molar-refractivity contribution in [2.75, 3.05) is 33.3 Å². The van der Waals surface area contributed by atoms with Crippen molar-refractivity contribution >= 4 is 11.8 Å². The van der Waals surface area contributed by atoms with Crippen LogP contribution in [-0.2, 0) is 22.4 Å². The third-order valence-corrected chi connectivity index (χ3v) is 4.80. The maximum atomic E-state index is 12.6. The topological polar surface area (TPSA) is 65.6 Å². The molecule has 6 heteroatoms. The van der Waals surface area contributed by atoms with E-state index in [0.717, 1.165) is 22.6 Å². The van der Waals surface area contributed by atoms with Crippen molar-refractivity contribution < 1.29 is 14.3 Å². The largest absolute Gasteiger partial charge is 0.496 e. The van der Waals surface area contributed by atoms with E-state index in [1.165, 1.54) is 0 Å². The van der Waals surface area contributed by atoms with E-state index >= 15 is 0 Å². The molecular weight excluding hydrogens is 330 g/mol. The Kier molecular flexibility index (Phi) is 5.61. The molecule has 3 rings (SSSR count). The molecule has 1 saturated heterocycles. The minimum Gasteiger partial charge on any atom is -0.496 e. The van der Waals surface area contributed by atoms with E-state index < -0.39 is 0 Å². The van der Waals surface area contributed by atoms with E-state index in [4.69, 9.17) is 4.74 Å². The van der Waals surface area contributed by atoms with Crippen LogP contribution in [0.4, 0.5) is 0 Å². The molecule has 1 aliphatic rings. The Morgan fingerprint density at radius 1 is 1.04 bits per heavy atom. The highest BCUT2D eigenvalue weighted by molar-refractivity contribution is 5.81. The Morgan fingerprint density at radius 2 is 1.69 bits per heavy atom. The van der Waals surface area contributed by atoms with Gasteiger partial charge in [0.25, 0.3) is 0 Å². The van der Waals surface area contributed by atoms with E-state index in [0.29, 0.717) is 39.0 Å². The van der Waals surface area contributed by atoms with Crippen molar-refractivity contribution in [3.63, 3.8) is 0 Å². The van der Waals surface area contributed by atoms with Gasteiger partial charge >= 0.3 is 0 Å². The lowest BCUT2D eigenvalue weighted by Gasteiger charge is -2.35. The Hall–Kier alpha value is -2.76. The molecule has 0 atom stereocenters. The lowest BCUT2D eigenvalue weighted by atomic mass is 10.1. The van der Waals surface area contributed by atoms with Crippen molar-refractivity contribution in [1.29, 1.82) is 0 Å². The number of aromatic nitrogens is 1. The number of carbonyl (C=O) groups is 2. The molecule has 26 heavy (non-hydrogen) atoms. The number of ether oxygens (including phenoxy) is 1. The number of carbonyl (C=O) groups excluding carboxylic acids is 2. The highest BCUT2D eigenvalue weighted by Gasteiger charge is 2.24. The quantitative estimate of drug-likeness (QED) is 0.889. The Morgan fingerprint density at radius 3 is 2.23 bits per heavy atom. The number of hydrogen-bond donors (Lipinski definition) is 1. The minimum atomic E-state index is 0.102. The summed E-state index contributed by atoms with van der Waals surface area (Å²) in [5.41, 5.74) is 2.93. The molecule has 0 radical (unpaired) electrons. The second-order valence-corrected chi connectivity index (χ2v) is 6.61. The normalized spacial score (nSPS) is 14.4. The summed E-state index contributed by atoms with van der Waals surface area (Å²) in [6, 6.07) is 9.62. The molecule has 2 heterocycles. The molecule has 0 aliphatic carbocycles. The highest BCUT2D eigenvalue weighted by Crippen LogP contribution is 2.19. The Labute approximate surface area is 153 Å². The van der Waals surface area contributed by atoms with Crippen LogP contribution < -0.4 is 4.74 Å². The van der Waals surface area contributed by atoms with Crippen molar-refractivity contribution in [1.82, 2.24) is 14.8 Å². The van der Waals surface area contributed by atoms with Crippen molar-refractivity contribution in [2.24, 2.45) is 0 Å². The summed E-state index contributed by atoms with van der Waals surface area (Å²) in [7, 11) is 1.64. The van der Waals surface area contributed by atoms with Gasteiger partial charge in [-0.1, -0.05) is 12.1 Å². The van der Waals surface area contributed by atoms with Gasteiger partial charge in [-0.15, -0.1) is 0 Å². The molecule has 0 saturated carbocycles. The Bertz CT molecular complexity index is 763. The van der Waals surface area contributed by atoms with Crippen molar-refractivity contribution in [2.45, 2.75) is 19.8 Å². The zero-order valence-corrected chi connectivity index (χ0v) is 15.3. The number of hydrogen-bond acceptors (Lipinski definition) is 3. The molecule has 6 nitrogen and oxygen atoms in total. The number of nitrogens with zero attached hydrogens (tertiary/aromatic N) is 2. The summed E-state index contributed by atoms with van der Waals surface area (Å²) >= 11 is 0. The van der Waals surface area contributed by atoms with E-state index in [1.54, 1.807) is 7.11 Å². The number of aryl methyl sites for hydroxylation is 1. The first-order valence-corrected chi connectivity index (χ1v) is 8.88. The molecule has 2 aromatic rings. The van der Waals surface area contributed by atoms with Gasteiger partial charge in [0, 0.05) is 38.1 Å². The fourth-order valence-electron chi connectivity index (χ4n) is 3.29. The molecule has 0 unspecified atom stereocenters. The SMILES string of the molecule is COc1ccc(CC(=O)N2CCN(C(=O)Cc3ccc[nH]3)CC2)cc1C. The molecule has 1 N–H and O–H groups in total. The van der Waals surface area contributed by atoms with Crippen LogP contribution in [0.2, 0.25) is 0 Å². The summed E-state index contributed by atoms with van der Waals surface area (Å²) in [5.74, 6) is 1.03. The summed E-state index contributed by atoms with van der Waals surface area (Å²) < 4.78 is 5.26. The molecule has 1 aromatic heterocycles. The number of methoxy groups -OCH3 is 1. The van der Waals surface area contributed by atoms with E-state index in [9.17, 15) is 9.59 Å². The number of H-pyrrole nitrogens is 1. The average molecular weight is 355 g/mol. The lowest BCUT2D eigenvalue weighted by Crippen LogP contribution is -2.51. The zero-order chi connectivity index (χ0) is 18.5. The summed E-state index contributed by atoms with van der Waals surface area (Å²) in [5, 5.41) is 0. The predicted octanol–water partition coefficient (Wildman–Crippen LogP) is 1.79. The van der Waals surface area contributed by atoms with Gasteiger partial charge in [-0.3, -0.25) is 9.59 Å². The predicted molar refractivity (Wildman–Crippen MR) is 99.1 cm³/mol. The van der Waals surface area contributed by atoms with Gasteiger partial charge in [-0.25, -0.2) is 0 Å². The van der Waals surface area contributed by atoms with Crippen LogP contribution in [-0.4, -0.2) is 59.9 Å². The maximum absolute atomic E-state index is 12.6. The standard InChI is InChI=1S/C20H25N3O3/c1-15-12-16(5-6-18(15)26-2)13-19(24)22-8-10-23(11-9-22)20(25)14-17-4-3-7-21-17/h3-7,12,21H,8-11,13-14H2,1-2H3. The van der Waals surface area contributed by atoms with Crippen LogP contribution in [0.1, 0.15) is 16.8 Å². The van der Waals surface area contributed by atoms with Gasteiger partial charge in [0.05, 0.1) is 20.0 Å². The molecule has 1 fully saturated rings. The fourth-order valence-corrected chi connectivity index (χ4v) is 3.29. The molecule has 2 amide bonds. The monoisotopic (exact) mass is 355 g/mol. The first-order valence-electron chi connectivity index (χ1n) is 8.88. The third kappa shape index (κ3) is 4.25. The van der Waals surface area contributed by atoms with E-state index in [2.05, 4.69) is 4.98 Å². The van der Waals surface area contributed by atoms with Gasteiger partial charge in [0.15, 0.2) is 0 Å². The first kappa shape index (κ1) is 18.0. The van der Waals surface area contributed by atoms with Gasteiger partial charge in [-0.2, -0.15) is 0 Å². The van der Waals surface area contributed by atoms with Crippen molar-refractivity contribution in [3.05, 3.63) is 53.3 Å². The number of aromatic amines is 1. The number of nitrogens with one attached hydrogen (secondary N) is 1. The van der Waals surface area contributed by atoms with Crippen LogP contribution in [0.15, 0.2) is 36.5 Å². The van der Waals surface area contributed by atoms with Crippen LogP contribution in [0.3, 0.4) is 0 Å². The van der Waals surface area contributed by atoms with Crippen LogP contribution in [0.25, 0.3) is 0 Å². The summed E-state index contributed by atoms with van der Waals surface area (Å²) in [6.07, 6.45) is 2.58. The first-order chi connectivity index (χ1) is 12.6. The molecule has 0 spiro atoms. The minimum absolute atomic E-state index is 0.102. The van der Waals surface area contributed by atoms with Crippen LogP contribution in [0.5, 0.6) is 5.75 Å². The smallest absolute Gasteiger partial charge is 0.228 e. The number of piperazine rings is 1. The number of amides is 2.